The van der Waals surface area contributed by atoms with E-state index in [-0.39, 0.29) is 0 Å². The van der Waals surface area contributed by atoms with Crippen LogP contribution in [0.4, 0.5) is 0 Å². The summed E-state index contributed by atoms with van der Waals surface area (Å²) in [5.74, 6) is 2.70. The van der Waals surface area contributed by atoms with Gasteiger partial charge in [-0.2, -0.15) is 0 Å². The molecule has 1 aromatic heterocycles. The molecule has 16 heavy (non-hydrogen) atoms. The lowest BCUT2D eigenvalue weighted by molar-refractivity contribution is 0.281. The molecular weight excluding hydrogens is 238 g/mol. The number of fused-ring (bicyclic) bond motifs is 2. The van der Waals surface area contributed by atoms with Crippen molar-refractivity contribution in [1.82, 2.24) is 0 Å². The van der Waals surface area contributed by atoms with Crippen LogP contribution in [0.5, 0.6) is 0 Å². The van der Waals surface area contributed by atoms with E-state index in [2.05, 4.69) is 6.07 Å². The van der Waals surface area contributed by atoms with Gasteiger partial charge in [0.1, 0.15) is 0 Å². The van der Waals surface area contributed by atoms with Crippen LogP contribution >= 0.6 is 22.9 Å². The number of hydrogen-bond donors (Lipinski definition) is 1. The van der Waals surface area contributed by atoms with Crippen LogP contribution in [0.2, 0.25) is 4.34 Å². The number of hydrogen-bond acceptors (Lipinski definition) is 2. The monoisotopic (exact) mass is 255 g/mol. The molecule has 0 aromatic carbocycles. The Bertz CT molecular complexity index is 376. The second-order valence-corrected chi connectivity index (χ2v) is 7.21. The highest BCUT2D eigenvalue weighted by Crippen LogP contribution is 2.49. The number of thiophene rings is 1. The van der Waals surface area contributed by atoms with E-state index in [4.69, 9.17) is 17.3 Å². The standard InChI is InChI=1S/C13H18ClNS/c14-13-4-3-10(16-13)7-12(15)11-6-8-1-2-9(11)5-8/h3-4,8-9,11-12H,1-2,5-7,15H2. The summed E-state index contributed by atoms with van der Waals surface area (Å²) in [6.07, 6.45) is 6.73. The van der Waals surface area contributed by atoms with Crippen LogP contribution < -0.4 is 5.73 Å². The normalized spacial score (nSPS) is 34.5. The first-order valence-electron chi connectivity index (χ1n) is 6.22. The Hall–Kier alpha value is -0.0500. The minimum absolute atomic E-state index is 0.352. The smallest absolute Gasteiger partial charge is 0.0931 e. The molecule has 2 aliphatic carbocycles. The van der Waals surface area contributed by atoms with Gasteiger partial charge in [-0.3, -0.25) is 0 Å². The zero-order chi connectivity index (χ0) is 11.1. The van der Waals surface area contributed by atoms with Crippen molar-refractivity contribution in [2.24, 2.45) is 23.5 Å². The first kappa shape index (κ1) is 11.1. The third kappa shape index (κ3) is 2.03. The highest BCUT2D eigenvalue weighted by molar-refractivity contribution is 7.16. The van der Waals surface area contributed by atoms with Gasteiger partial charge in [-0.25, -0.2) is 0 Å². The highest BCUT2D eigenvalue weighted by atomic mass is 35.5. The lowest BCUT2D eigenvalue weighted by Crippen LogP contribution is -2.35. The van der Waals surface area contributed by atoms with Crippen molar-refractivity contribution in [2.45, 2.75) is 38.1 Å². The molecule has 0 radical (unpaired) electrons. The second-order valence-electron chi connectivity index (χ2n) is 5.41. The number of nitrogens with two attached hydrogens (primary N) is 1. The van der Waals surface area contributed by atoms with E-state index in [0.29, 0.717) is 6.04 Å². The predicted molar refractivity (Wildman–Crippen MR) is 69.9 cm³/mol. The van der Waals surface area contributed by atoms with Crippen LogP contribution in [0, 0.1) is 17.8 Å². The van der Waals surface area contributed by atoms with Crippen molar-refractivity contribution >= 4 is 22.9 Å². The summed E-state index contributed by atoms with van der Waals surface area (Å²) in [5.41, 5.74) is 6.37. The lowest BCUT2D eigenvalue weighted by atomic mass is 9.82. The van der Waals surface area contributed by atoms with Gasteiger partial charge in [0.2, 0.25) is 0 Å². The van der Waals surface area contributed by atoms with E-state index in [1.807, 2.05) is 6.07 Å². The average molecular weight is 256 g/mol. The highest BCUT2D eigenvalue weighted by Gasteiger charge is 2.41. The molecule has 3 heteroatoms. The van der Waals surface area contributed by atoms with E-state index >= 15 is 0 Å². The van der Waals surface area contributed by atoms with Crippen molar-refractivity contribution in [2.75, 3.05) is 0 Å². The zero-order valence-corrected chi connectivity index (χ0v) is 10.9. The molecule has 2 fully saturated rings. The first-order valence-corrected chi connectivity index (χ1v) is 7.41. The van der Waals surface area contributed by atoms with Gasteiger partial charge in [-0.05, 0) is 55.6 Å². The van der Waals surface area contributed by atoms with Crippen LogP contribution in [0.15, 0.2) is 12.1 Å². The summed E-state index contributed by atoms with van der Waals surface area (Å²) in [7, 11) is 0. The van der Waals surface area contributed by atoms with Gasteiger partial charge in [-0.1, -0.05) is 18.0 Å². The van der Waals surface area contributed by atoms with E-state index in [1.54, 1.807) is 11.3 Å². The van der Waals surface area contributed by atoms with Crippen molar-refractivity contribution in [1.29, 1.82) is 0 Å². The van der Waals surface area contributed by atoms with Gasteiger partial charge in [-0.15, -0.1) is 11.3 Å². The summed E-state index contributed by atoms with van der Waals surface area (Å²) in [5, 5.41) is 0. The zero-order valence-electron chi connectivity index (χ0n) is 9.36. The molecule has 2 N–H and O–H groups in total. The first-order chi connectivity index (χ1) is 7.72. The van der Waals surface area contributed by atoms with Crippen LogP contribution in [0.1, 0.15) is 30.6 Å². The SMILES string of the molecule is NC(Cc1ccc(Cl)s1)C1CC2CCC1C2. The average Bonchev–Trinajstić information content (AvgIpc) is 2.93. The largest absolute Gasteiger partial charge is 0.327 e. The van der Waals surface area contributed by atoms with Gasteiger partial charge >= 0.3 is 0 Å². The maximum absolute atomic E-state index is 6.37. The summed E-state index contributed by atoms with van der Waals surface area (Å²) in [6.45, 7) is 0. The Kier molecular flexibility index (Phi) is 2.99. The van der Waals surface area contributed by atoms with Crippen LogP contribution in [0.25, 0.3) is 0 Å². The summed E-state index contributed by atoms with van der Waals surface area (Å²) in [6, 6.07) is 4.46. The molecular formula is C13H18ClNS. The Labute approximate surface area is 106 Å². The molecule has 1 nitrogen and oxygen atoms in total. The minimum atomic E-state index is 0.352. The van der Waals surface area contributed by atoms with Crippen LogP contribution in [-0.4, -0.2) is 6.04 Å². The van der Waals surface area contributed by atoms with Crippen molar-refractivity contribution < 1.29 is 0 Å². The van der Waals surface area contributed by atoms with E-state index < -0.39 is 0 Å². The van der Waals surface area contributed by atoms with Gasteiger partial charge in [0.05, 0.1) is 4.34 Å². The van der Waals surface area contributed by atoms with Gasteiger partial charge in [0.25, 0.3) is 0 Å². The number of rotatable bonds is 3. The Morgan fingerprint density at radius 1 is 1.38 bits per heavy atom. The molecule has 0 amide bonds. The molecule has 88 valence electrons. The van der Waals surface area contributed by atoms with E-state index in [1.165, 1.54) is 30.6 Å². The molecule has 2 aliphatic rings. The minimum Gasteiger partial charge on any atom is -0.327 e. The van der Waals surface area contributed by atoms with E-state index in [9.17, 15) is 0 Å². The second kappa shape index (κ2) is 4.32. The maximum atomic E-state index is 6.37. The topological polar surface area (TPSA) is 26.0 Å². The third-order valence-electron chi connectivity index (χ3n) is 4.41. The van der Waals surface area contributed by atoms with Crippen molar-refractivity contribution in [3.8, 4) is 0 Å². The summed E-state index contributed by atoms with van der Waals surface area (Å²) in [4.78, 5) is 1.35. The molecule has 0 spiro atoms. The molecule has 3 rings (SSSR count). The molecule has 4 unspecified atom stereocenters. The van der Waals surface area contributed by atoms with E-state index in [0.717, 1.165) is 28.5 Å². The molecule has 0 aliphatic heterocycles. The van der Waals surface area contributed by atoms with Crippen LogP contribution in [0.3, 0.4) is 0 Å². The molecule has 4 atom stereocenters. The fourth-order valence-electron chi connectivity index (χ4n) is 3.66. The number of halogens is 1. The molecule has 2 bridgehead atoms. The summed E-state index contributed by atoms with van der Waals surface area (Å²) < 4.78 is 0.884. The van der Waals surface area contributed by atoms with Gasteiger partial charge < -0.3 is 5.73 Å². The molecule has 1 aromatic rings. The van der Waals surface area contributed by atoms with Crippen molar-refractivity contribution in [3.63, 3.8) is 0 Å². The fraction of sp³-hybridized carbons (Fsp3) is 0.692. The molecule has 0 saturated heterocycles. The Morgan fingerprint density at radius 3 is 2.81 bits per heavy atom. The van der Waals surface area contributed by atoms with Gasteiger partial charge in [0.15, 0.2) is 0 Å². The molecule has 1 heterocycles. The van der Waals surface area contributed by atoms with Crippen molar-refractivity contribution in [3.05, 3.63) is 21.3 Å². The predicted octanol–water partition coefficient (Wildman–Crippen LogP) is 3.71. The Morgan fingerprint density at radius 2 is 2.25 bits per heavy atom. The quantitative estimate of drug-likeness (QED) is 0.876. The van der Waals surface area contributed by atoms with Crippen LogP contribution in [-0.2, 0) is 6.42 Å². The third-order valence-corrected chi connectivity index (χ3v) is 5.66. The Balaban J connectivity index is 1.63. The summed E-state index contributed by atoms with van der Waals surface area (Å²) >= 11 is 7.62. The fourth-order valence-corrected chi connectivity index (χ4v) is 4.82. The molecule has 2 saturated carbocycles. The van der Waals surface area contributed by atoms with Gasteiger partial charge in [0, 0.05) is 10.9 Å². The maximum Gasteiger partial charge on any atom is 0.0931 e. The lowest BCUT2D eigenvalue weighted by Gasteiger charge is -2.27.